The third-order valence-electron chi connectivity index (χ3n) is 5.11. The Balaban J connectivity index is 2.19. The molecule has 1 heterocycles. The van der Waals surface area contributed by atoms with E-state index in [0.717, 1.165) is 20.1 Å². The molecule has 1 aromatic carbocycles. The summed E-state index contributed by atoms with van der Waals surface area (Å²) in [6.45, 7) is 9.37. The van der Waals surface area contributed by atoms with E-state index < -0.39 is 14.2 Å². The van der Waals surface area contributed by atoms with Gasteiger partial charge in [0.25, 0.3) is 0 Å². The largest absolute Gasteiger partial charge is 0.502 e. The van der Waals surface area contributed by atoms with Gasteiger partial charge in [0, 0.05) is 52.8 Å². The highest BCUT2D eigenvalue weighted by Gasteiger charge is 2.56. The van der Waals surface area contributed by atoms with Crippen LogP contribution >= 0.6 is 48.0 Å². The molecule has 1 aromatic heterocycles. The molecule has 3 rings (SSSR count). The first-order valence-corrected chi connectivity index (χ1v) is 14.1. The van der Waals surface area contributed by atoms with Crippen molar-refractivity contribution >= 4 is 81.6 Å². The van der Waals surface area contributed by atoms with E-state index in [0.29, 0.717) is 35.6 Å². The molecule has 0 spiro atoms. The number of thiocarbonyl (C=S) groups is 3. The number of benzene rings is 1. The Labute approximate surface area is 199 Å². The second kappa shape index (κ2) is 9.95. The molecule has 2 atom stereocenters. The third kappa shape index (κ3) is 4.49. The van der Waals surface area contributed by atoms with Gasteiger partial charge in [-0.25, -0.2) is 4.98 Å². The normalized spacial score (nSPS) is 22.8. The Bertz CT molecular complexity index is 913. The van der Waals surface area contributed by atoms with Crippen LogP contribution in [0.25, 0.3) is 10.2 Å². The van der Waals surface area contributed by atoms with E-state index in [1.807, 2.05) is 52.3 Å². The number of rotatable bonds is 9. The number of thiazole rings is 1. The maximum Gasteiger partial charge on any atom is 0.502 e. The van der Waals surface area contributed by atoms with Crippen LogP contribution in [-0.4, -0.2) is 48.2 Å². The summed E-state index contributed by atoms with van der Waals surface area (Å²) in [5.41, 5.74) is 0.222. The fourth-order valence-corrected chi connectivity index (χ4v) is 9.26. The minimum atomic E-state index is -3.06. The van der Waals surface area contributed by atoms with Crippen molar-refractivity contribution in [2.45, 2.75) is 39.2 Å². The van der Waals surface area contributed by atoms with Gasteiger partial charge in [0.05, 0.1) is 15.6 Å². The Morgan fingerprint density at radius 3 is 2.20 bits per heavy atom. The topological polar surface area (TPSA) is 40.6 Å². The lowest BCUT2D eigenvalue weighted by Gasteiger charge is -2.43. The van der Waals surface area contributed by atoms with Crippen LogP contribution in [-0.2, 0) is 18.7 Å². The summed E-state index contributed by atoms with van der Waals surface area (Å²) in [5, 5.41) is 0.890. The second-order valence-corrected chi connectivity index (χ2v) is 12.0. The van der Waals surface area contributed by atoms with Crippen LogP contribution in [0.2, 0.25) is 6.04 Å². The first-order valence-electron chi connectivity index (χ1n) is 10.1. The highest BCUT2D eigenvalue weighted by Crippen LogP contribution is 2.46. The maximum absolute atomic E-state index is 6.19. The first-order chi connectivity index (χ1) is 14.3. The van der Waals surface area contributed by atoms with Crippen molar-refractivity contribution in [2.24, 2.45) is 5.92 Å². The van der Waals surface area contributed by atoms with Crippen LogP contribution in [0.3, 0.4) is 0 Å². The molecule has 0 N–H and O–H groups in total. The van der Waals surface area contributed by atoms with Crippen molar-refractivity contribution in [1.82, 2.24) is 4.98 Å². The molecule has 0 aliphatic heterocycles. The van der Waals surface area contributed by atoms with Crippen molar-refractivity contribution < 1.29 is 13.3 Å². The average molecular weight is 497 g/mol. The van der Waals surface area contributed by atoms with Crippen LogP contribution in [0.5, 0.6) is 0 Å². The van der Waals surface area contributed by atoms with Crippen molar-refractivity contribution in [1.29, 1.82) is 0 Å². The summed E-state index contributed by atoms with van der Waals surface area (Å²) in [6.07, 6.45) is 2.00. The van der Waals surface area contributed by atoms with E-state index in [1.54, 1.807) is 11.3 Å². The maximum atomic E-state index is 6.19. The quantitative estimate of drug-likeness (QED) is 0.333. The number of aromatic nitrogens is 1. The molecule has 2 unspecified atom stereocenters. The fraction of sp³-hybridized carbons (Fsp3) is 0.476. The molecule has 1 fully saturated rings. The molecule has 9 heteroatoms. The number of hydrogen-bond acceptors (Lipinski definition) is 8. The lowest BCUT2D eigenvalue weighted by molar-refractivity contribution is 0.0687. The van der Waals surface area contributed by atoms with Gasteiger partial charge >= 0.3 is 8.80 Å². The van der Waals surface area contributed by atoms with Crippen LogP contribution in [0.4, 0.5) is 0 Å². The molecule has 2 aromatic rings. The van der Waals surface area contributed by atoms with Gasteiger partial charge in [-0.15, -0.1) is 11.3 Å². The van der Waals surface area contributed by atoms with E-state index in [-0.39, 0.29) is 5.92 Å². The summed E-state index contributed by atoms with van der Waals surface area (Å²) < 4.78 is 19.7. The highest BCUT2D eigenvalue weighted by atomic mass is 32.1. The number of fused-ring (bicyclic) bond motifs is 1. The smallest absolute Gasteiger partial charge is 0.374 e. The standard InChI is InChI=1S/C21H26NO3S4Si/c1-5-23-30(24-6-2,25-7-3)13-21(12-16(26)18(27)14(4)19(21)28)20-22-15-10-8-9-11-17(15)29-20/h8-12,14H,5-7,13H2,1-4H3. The molecule has 0 saturated heterocycles. The fourth-order valence-electron chi connectivity index (χ4n) is 3.81. The third-order valence-corrected chi connectivity index (χ3v) is 11.3. The van der Waals surface area contributed by atoms with E-state index >= 15 is 0 Å². The minimum absolute atomic E-state index is 0.115. The zero-order chi connectivity index (χ0) is 21.9. The molecule has 30 heavy (non-hydrogen) atoms. The number of nitrogens with zero attached hydrogens (tertiary/aromatic N) is 1. The zero-order valence-electron chi connectivity index (χ0n) is 17.6. The lowest BCUT2D eigenvalue weighted by atomic mass is 9.71. The molecular formula is C21H26NO3S4Si. The summed E-state index contributed by atoms with van der Waals surface area (Å²) >= 11 is 18.9. The number of hydrogen-bond donors (Lipinski definition) is 0. The summed E-state index contributed by atoms with van der Waals surface area (Å²) in [7, 11) is -3.06. The Morgan fingerprint density at radius 1 is 1.03 bits per heavy atom. The van der Waals surface area contributed by atoms with Gasteiger partial charge in [-0.3, -0.25) is 0 Å². The van der Waals surface area contributed by atoms with Crippen molar-refractivity contribution in [3.8, 4) is 0 Å². The van der Waals surface area contributed by atoms with Crippen LogP contribution in [0, 0.1) is 12.3 Å². The van der Waals surface area contributed by atoms with E-state index in [9.17, 15) is 0 Å². The van der Waals surface area contributed by atoms with E-state index in [4.69, 9.17) is 54.9 Å². The molecular weight excluding hydrogens is 471 g/mol. The van der Waals surface area contributed by atoms with Gasteiger partial charge in [-0.2, -0.15) is 0 Å². The van der Waals surface area contributed by atoms with Gasteiger partial charge in [0.1, 0.15) is 5.01 Å². The van der Waals surface area contributed by atoms with E-state index in [1.165, 1.54) is 0 Å². The lowest BCUT2D eigenvalue weighted by Crippen LogP contribution is -2.57. The molecule has 1 aliphatic carbocycles. The zero-order valence-corrected chi connectivity index (χ0v) is 21.9. The number of para-hydroxylation sites is 1. The van der Waals surface area contributed by atoms with Crippen LogP contribution in [0.15, 0.2) is 24.3 Å². The first kappa shape index (κ1) is 24.1. The average Bonchev–Trinajstić information content (AvgIpc) is 3.16. The summed E-state index contributed by atoms with van der Waals surface area (Å²) in [4.78, 5) is 7.13. The van der Waals surface area contributed by atoms with Gasteiger partial charge < -0.3 is 13.3 Å². The highest BCUT2D eigenvalue weighted by molar-refractivity contribution is 7.90. The second-order valence-electron chi connectivity index (χ2n) is 7.08. The molecule has 1 saturated carbocycles. The van der Waals surface area contributed by atoms with Gasteiger partial charge in [0.2, 0.25) is 0 Å². The van der Waals surface area contributed by atoms with Crippen molar-refractivity contribution in [3.63, 3.8) is 0 Å². The molecule has 1 aliphatic rings. The summed E-state index contributed by atoms with van der Waals surface area (Å²) in [5.74, 6) is -0.115. The molecule has 4 nitrogen and oxygen atoms in total. The molecule has 0 amide bonds. The Hall–Kier alpha value is -0.523. The molecule has 161 valence electrons. The molecule has 1 radical (unpaired) electrons. The predicted molar refractivity (Wildman–Crippen MR) is 138 cm³/mol. The van der Waals surface area contributed by atoms with Crippen molar-refractivity contribution in [3.05, 3.63) is 35.7 Å². The Morgan fingerprint density at radius 2 is 1.63 bits per heavy atom. The van der Waals surface area contributed by atoms with Crippen molar-refractivity contribution in [2.75, 3.05) is 19.8 Å². The van der Waals surface area contributed by atoms with Gasteiger partial charge in [-0.05, 0) is 32.9 Å². The van der Waals surface area contributed by atoms with Gasteiger partial charge in [0.15, 0.2) is 0 Å². The predicted octanol–water partition coefficient (Wildman–Crippen LogP) is 5.55. The minimum Gasteiger partial charge on any atom is -0.374 e. The Kier molecular flexibility index (Phi) is 8.00. The SMILES string of the molecule is CCO[Si](CC1(c2nc3ccccc3s2)[CH]C(=S)C(=S)C(C)C1=S)(OCC)OCC. The van der Waals surface area contributed by atoms with Gasteiger partial charge in [-0.1, -0.05) is 55.7 Å². The summed E-state index contributed by atoms with van der Waals surface area (Å²) in [6, 6.07) is 8.55. The van der Waals surface area contributed by atoms with E-state index in [2.05, 4.69) is 6.07 Å². The van der Waals surface area contributed by atoms with Crippen LogP contribution < -0.4 is 0 Å². The van der Waals surface area contributed by atoms with Crippen LogP contribution in [0.1, 0.15) is 32.7 Å². The monoisotopic (exact) mass is 496 g/mol. The molecule has 0 bridgehead atoms.